The Labute approximate surface area is 143 Å². The zero-order chi connectivity index (χ0) is 17.6. The second-order valence-electron chi connectivity index (χ2n) is 5.36. The fourth-order valence-electron chi connectivity index (χ4n) is 2.48. The van der Waals surface area contributed by atoms with Crippen LogP contribution in [0.15, 0.2) is 47.0 Å². The zero-order valence-electron chi connectivity index (χ0n) is 13.4. The monoisotopic (exact) mass is 343 g/mol. The molecule has 2 heterocycles. The van der Waals surface area contributed by atoms with Gasteiger partial charge in [0, 0.05) is 25.4 Å². The van der Waals surface area contributed by atoms with Gasteiger partial charge in [-0.15, -0.1) is 0 Å². The SMILES string of the molecule is O=C(N/C=C\c1ccc(-c2ccccc2[N+](=O)[O-])o1)N1CCOCC1. The lowest BCUT2D eigenvalue weighted by Crippen LogP contribution is -2.44. The molecule has 1 aromatic carbocycles. The highest BCUT2D eigenvalue weighted by molar-refractivity contribution is 5.76. The van der Waals surface area contributed by atoms with Gasteiger partial charge in [0.1, 0.15) is 11.5 Å². The molecular formula is C17H17N3O5. The van der Waals surface area contributed by atoms with Crippen molar-refractivity contribution in [3.8, 4) is 11.3 Å². The van der Waals surface area contributed by atoms with Crippen molar-refractivity contribution < 1.29 is 18.9 Å². The van der Waals surface area contributed by atoms with Crippen LogP contribution in [-0.4, -0.2) is 42.2 Å². The number of carbonyl (C=O) groups excluding carboxylic acids is 1. The molecule has 2 aromatic rings. The van der Waals surface area contributed by atoms with Crippen LogP contribution < -0.4 is 5.32 Å². The number of nitro benzene ring substituents is 1. The number of carbonyl (C=O) groups is 1. The average Bonchev–Trinajstić information content (AvgIpc) is 3.11. The summed E-state index contributed by atoms with van der Waals surface area (Å²) in [7, 11) is 0. The van der Waals surface area contributed by atoms with Crippen molar-refractivity contribution in [3.05, 3.63) is 58.5 Å². The van der Waals surface area contributed by atoms with Gasteiger partial charge < -0.3 is 19.4 Å². The van der Waals surface area contributed by atoms with Gasteiger partial charge in [-0.1, -0.05) is 12.1 Å². The van der Waals surface area contributed by atoms with Crippen molar-refractivity contribution in [1.82, 2.24) is 10.2 Å². The Morgan fingerprint density at radius 3 is 2.72 bits per heavy atom. The van der Waals surface area contributed by atoms with Crippen LogP contribution in [0.1, 0.15) is 5.76 Å². The molecule has 0 aliphatic carbocycles. The number of furan rings is 1. The van der Waals surface area contributed by atoms with E-state index in [1.165, 1.54) is 12.3 Å². The lowest BCUT2D eigenvalue weighted by atomic mass is 10.1. The Morgan fingerprint density at radius 1 is 1.20 bits per heavy atom. The number of amides is 2. The number of nitrogens with zero attached hydrogens (tertiary/aromatic N) is 2. The third kappa shape index (κ3) is 4.04. The van der Waals surface area contributed by atoms with Crippen molar-refractivity contribution in [2.24, 2.45) is 0 Å². The molecule has 130 valence electrons. The van der Waals surface area contributed by atoms with Gasteiger partial charge in [0.2, 0.25) is 0 Å². The van der Waals surface area contributed by atoms with E-state index in [0.717, 1.165) is 0 Å². The first kappa shape index (κ1) is 16.7. The third-order valence-electron chi connectivity index (χ3n) is 3.75. The number of para-hydroxylation sites is 1. The maximum absolute atomic E-state index is 11.9. The van der Waals surface area contributed by atoms with Gasteiger partial charge in [-0.05, 0) is 24.3 Å². The number of ether oxygens (including phenoxy) is 1. The molecule has 0 unspecified atom stereocenters. The lowest BCUT2D eigenvalue weighted by Gasteiger charge is -2.26. The van der Waals surface area contributed by atoms with Gasteiger partial charge in [-0.2, -0.15) is 0 Å². The molecule has 3 rings (SSSR count). The van der Waals surface area contributed by atoms with Crippen molar-refractivity contribution in [2.75, 3.05) is 26.3 Å². The molecule has 1 N–H and O–H groups in total. The largest absolute Gasteiger partial charge is 0.456 e. The number of benzene rings is 1. The molecule has 2 amide bonds. The number of hydrogen-bond acceptors (Lipinski definition) is 5. The standard InChI is InChI=1S/C17H17N3O5/c21-17(19-9-11-24-12-10-19)18-8-7-13-5-6-16(25-13)14-3-1-2-4-15(14)20(22)23/h1-8H,9-12H2,(H,18,21)/b8-7-. The summed E-state index contributed by atoms with van der Waals surface area (Å²) in [5, 5.41) is 13.8. The Morgan fingerprint density at radius 2 is 1.96 bits per heavy atom. The number of rotatable bonds is 4. The average molecular weight is 343 g/mol. The number of hydrogen-bond donors (Lipinski definition) is 1. The number of nitro groups is 1. The summed E-state index contributed by atoms with van der Waals surface area (Å²) in [4.78, 5) is 24.2. The Hall–Kier alpha value is -3.13. The molecule has 8 heteroatoms. The van der Waals surface area contributed by atoms with Crippen LogP contribution in [0.5, 0.6) is 0 Å². The molecule has 1 fully saturated rings. The lowest BCUT2D eigenvalue weighted by molar-refractivity contribution is -0.384. The second-order valence-corrected chi connectivity index (χ2v) is 5.36. The van der Waals surface area contributed by atoms with E-state index in [2.05, 4.69) is 5.32 Å². The third-order valence-corrected chi connectivity index (χ3v) is 3.75. The summed E-state index contributed by atoms with van der Waals surface area (Å²) < 4.78 is 10.8. The second kappa shape index (κ2) is 7.63. The van der Waals surface area contributed by atoms with Crippen LogP contribution in [-0.2, 0) is 4.74 Å². The van der Waals surface area contributed by atoms with Crippen molar-refractivity contribution >= 4 is 17.8 Å². The predicted molar refractivity (Wildman–Crippen MR) is 90.8 cm³/mol. The fraction of sp³-hybridized carbons (Fsp3) is 0.235. The summed E-state index contributed by atoms with van der Waals surface area (Å²) >= 11 is 0. The van der Waals surface area contributed by atoms with Gasteiger partial charge >= 0.3 is 6.03 Å². The van der Waals surface area contributed by atoms with E-state index in [1.54, 1.807) is 41.3 Å². The zero-order valence-corrected chi connectivity index (χ0v) is 13.4. The fourth-order valence-corrected chi connectivity index (χ4v) is 2.48. The normalized spacial score (nSPS) is 14.6. The van der Waals surface area contributed by atoms with Crippen LogP contribution in [0.4, 0.5) is 10.5 Å². The molecule has 1 aliphatic rings. The maximum Gasteiger partial charge on any atom is 0.321 e. The summed E-state index contributed by atoms with van der Waals surface area (Å²) in [6.45, 7) is 2.19. The van der Waals surface area contributed by atoms with E-state index in [1.807, 2.05) is 0 Å². The summed E-state index contributed by atoms with van der Waals surface area (Å²) in [6.07, 6.45) is 3.08. The molecule has 0 bridgehead atoms. The molecule has 0 radical (unpaired) electrons. The molecule has 0 spiro atoms. The van der Waals surface area contributed by atoms with Crippen LogP contribution in [0.3, 0.4) is 0 Å². The number of morpholine rings is 1. The Kier molecular flexibility index (Phi) is 5.10. The summed E-state index contributed by atoms with van der Waals surface area (Å²) in [5.74, 6) is 0.877. The van der Waals surface area contributed by atoms with Gasteiger partial charge in [0.05, 0.1) is 23.7 Å². The minimum absolute atomic E-state index is 0.0204. The first-order valence-corrected chi connectivity index (χ1v) is 7.78. The first-order chi connectivity index (χ1) is 12.1. The number of urea groups is 1. The molecule has 1 aliphatic heterocycles. The minimum atomic E-state index is -0.448. The Balaban J connectivity index is 1.66. The van der Waals surface area contributed by atoms with E-state index in [4.69, 9.17) is 9.15 Å². The van der Waals surface area contributed by atoms with Crippen molar-refractivity contribution in [2.45, 2.75) is 0 Å². The first-order valence-electron chi connectivity index (χ1n) is 7.78. The van der Waals surface area contributed by atoms with E-state index >= 15 is 0 Å². The molecule has 0 atom stereocenters. The predicted octanol–water partition coefficient (Wildman–Crippen LogP) is 2.87. The van der Waals surface area contributed by atoms with E-state index in [9.17, 15) is 14.9 Å². The smallest absolute Gasteiger partial charge is 0.321 e. The van der Waals surface area contributed by atoms with Crippen LogP contribution in [0.25, 0.3) is 17.4 Å². The highest BCUT2D eigenvalue weighted by Crippen LogP contribution is 2.30. The molecule has 1 aromatic heterocycles. The maximum atomic E-state index is 11.9. The van der Waals surface area contributed by atoms with E-state index < -0.39 is 4.92 Å². The van der Waals surface area contributed by atoms with Gasteiger partial charge in [-0.3, -0.25) is 10.1 Å². The summed E-state index contributed by atoms with van der Waals surface area (Å²) in [5.41, 5.74) is 0.387. The molecule has 1 saturated heterocycles. The van der Waals surface area contributed by atoms with Crippen LogP contribution in [0, 0.1) is 10.1 Å². The van der Waals surface area contributed by atoms with Crippen molar-refractivity contribution in [1.29, 1.82) is 0 Å². The number of nitrogens with one attached hydrogen (secondary N) is 1. The summed E-state index contributed by atoms with van der Waals surface area (Å²) in [6, 6.07) is 9.51. The molecule has 25 heavy (non-hydrogen) atoms. The van der Waals surface area contributed by atoms with E-state index in [-0.39, 0.29) is 11.7 Å². The van der Waals surface area contributed by atoms with Crippen molar-refractivity contribution in [3.63, 3.8) is 0 Å². The van der Waals surface area contributed by atoms with Gasteiger partial charge in [0.15, 0.2) is 0 Å². The topological polar surface area (TPSA) is 97.8 Å². The van der Waals surface area contributed by atoms with Gasteiger partial charge in [0.25, 0.3) is 5.69 Å². The Bertz CT molecular complexity index is 793. The highest BCUT2D eigenvalue weighted by Gasteiger charge is 2.17. The highest BCUT2D eigenvalue weighted by atomic mass is 16.6. The molecule has 0 saturated carbocycles. The quantitative estimate of drug-likeness (QED) is 0.680. The molecule has 8 nitrogen and oxygen atoms in total. The van der Waals surface area contributed by atoms with Crippen LogP contribution >= 0.6 is 0 Å². The molecular weight excluding hydrogens is 326 g/mol. The van der Waals surface area contributed by atoms with Gasteiger partial charge in [-0.25, -0.2) is 4.79 Å². The van der Waals surface area contributed by atoms with Crippen LogP contribution in [0.2, 0.25) is 0 Å². The minimum Gasteiger partial charge on any atom is -0.456 e. The van der Waals surface area contributed by atoms with E-state index in [0.29, 0.717) is 43.4 Å².